The van der Waals surface area contributed by atoms with Crippen LogP contribution in [-0.4, -0.2) is 26.1 Å². The van der Waals surface area contributed by atoms with Crippen LogP contribution in [0.15, 0.2) is 35.4 Å². The van der Waals surface area contributed by atoms with Gasteiger partial charge in [-0.25, -0.2) is 4.98 Å². The third kappa shape index (κ3) is 3.13. The molecule has 2 amide bonds. The maximum atomic E-state index is 11.6. The van der Waals surface area contributed by atoms with Gasteiger partial charge in [0.15, 0.2) is 5.82 Å². The highest BCUT2D eigenvalue weighted by molar-refractivity contribution is 8.18. The van der Waals surface area contributed by atoms with Gasteiger partial charge in [0, 0.05) is 6.20 Å². The molecule has 0 atom stereocenters. The van der Waals surface area contributed by atoms with E-state index < -0.39 is 5.91 Å². The molecule has 4 rings (SSSR count). The Kier molecular flexibility index (Phi) is 3.99. The number of carbonyl (C=O) groups excluding carboxylic acids is 2. The fourth-order valence-electron chi connectivity index (χ4n) is 2.33. The van der Waals surface area contributed by atoms with E-state index >= 15 is 0 Å². The minimum Gasteiger partial charge on any atom is -0.337 e. The Morgan fingerprint density at radius 2 is 1.92 bits per heavy atom. The summed E-state index contributed by atoms with van der Waals surface area (Å²) in [4.78, 5) is 35.0. The first-order valence-corrected chi connectivity index (χ1v) is 8.63. The van der Waals surface area contributed by atoms with E-state index in [9.17, 15) is 9.59 Å². The molecule has 0 radical (unpaired) electrons. The van der Waals surface area contributed by atoms with E-state index in [-0.39, 0.29) is 5.24 Å². The second-order valence-electron chi connectivity index (χ2n) is 5.20. The van der Waals surface area contributed by atoms with Crippen molar-refractivity contribution in [2.24, 2.45) is 0 Å². The maximum absolute atomic E-state index is 11.6. The molecule has 2 aromatic heterocycles. The van der Waals surface area contributed by atoms with Crippen molar-refractivity contribution in [3.05, 3.63) is 51.0 Å². The van der Waals surface area contributed by atoms with Crippen molar-refractivity contribution in [1.82, 2.24) is 20.3 Å². The molecule has 9 heteroatoms. The van der Waals surface area contributed by atoms with Crippen molar-refractivity contribution in [2.75, 3.05) is 0 Å². The summed E-state index contributed by atoms with van der Waals surface area (Å²) >= 11 is 12.9. The fraction of sp³-hybridized carbons (Fsp3) is 0. The largest absolute Gasteiger partial charge is 0.337 e. The number of pyridine rings is 1. The Hall–Kier alpha value is -2.35. The van der Waals surface area contributed by atoms with Crippen LogP contribution in [0.3, 0.4) is 0 Å². The van der Waals surface area contributed by atoms with Crippen molar-refractivity contribution in [2.45, 2.75) is 0 Å². The quantitative estimate of drug-likeness (QED) is 0.638. The maximum Gasteiger partial charge on any atom is 0.290 e. The Labute approximate surface area is 155 Å². The molecule has 1 fully saturated rings. The lowest BCUT2D eigenvalue weighted by atomic mass is 10.2. The molecule has 3 heterocycles. The third-order valence-electron chi connectivity index (χ3n) is 3.49. The summed E-state index contributed by atoms with van der Waals surface area (Å²) in [6.07, 6.45) is 3.21. The van der Waals surface area contributed by atoms with Crippen molar-refractivity contribution in [3.8, 4) is 11.5 Å². The van der Waals surface area contributed by atoms with Gasteiger partial charge in [-0.1, -0.05) is 29.3 Å². The normalized spacial score (nSPS) is 16.0. The minimum absolute atomic E-state index is 0.340. The van der Waals surface area contributed by atoms with Gasteiger partial charge in [0.25, 0.3) is 11.1 Å². The number of amides is 2. The smallest absolute Gasteiger partial charge is 0.290 e. The number of imidazole rings is 1. The summed E-state index contributed by atoms with van der Waals surface area (Å²) in [5.74, 6) is 0.181. The molecule has 1 aromatic carbocycles. The van der Waals surface area contributed by atoms with Gasteiger partial charge in [0.1, 0.15) is 5.69 Å². The molecule has 3 aromatic rings. The molecule has 0 aliphatic carbocycles. The molecular formula is C16H8Cl2N4O2S. The van der Waals surface area contributed by atoms with E-state index in [0.717, 1.165) is 17.3 Å². The first-order chi connectivity index (χ1) is 12.0. The van der Waals surface area contributed by atoms with Crippen LogP contribution in [0.25, 0.3) is 28.6 Å². The van der Waals surface area contributed by atoms with E-state index in [4.69, 9.17) is 23.2 Å². The SMILES string of the molecule is O=C1NC(=O)/C(=C\c2ccc(-c3nc4cc(Cl)c(Cl)cc4[nH]3)nc2)S1. The molecule has 1 aliphatic heterocycles. The number of rotatable bonds is 2. The zero-order valence-electron chi connectivity index (χ0n) is 12.3. The van der Waals surface area contributed by atoms with E-state index in [0.29, 0.717) is 37.5 Å². The average molecular weight is 391 g/mol. The van der Waals surface area contributed by atoms with E-state index in [1.807, 2.05) is 0 Å². The van der Waals surface area contributed by atoms with Gasteiger partial charge >= 0.3 is 0 Å². The number of benzene rings is 1. The van der Waals surface area contributed by atoms with Crippen LogP contribution >= 0.6 is 35.0 Å². The van der Waals surface area contributed by atoms with Crippen LogP contribution in [0.5, 0.6) is 0 Å². The van der Waals surface area contributed by atoms with Gasteiger partial charge < -0.3 is 4.98 Å². The predicted molar refractivity (Wildman–Crippen MR) is 98.5 cm³/mol. The number of aromatic amines is 1. The van der Waals surface area contributed by atoms with Gasteiger partial charge in [-0.15, -0.1) is 0 Å². The number of nitrogens with one attached hydrogen (secondary N) is 2. The first kappa shape index (κ1) is 16.1. The van der Waals surface area contributed by atoms with Crippen LogP contribution in [0, 0.1) is 0 Å². The van der Waals surface area contributed by atoms with Crippen LogP contribution in [-0.2, 0) is 4.79 Å². The summed E-state index contributed by atoms with van der Waals surface area (Å²) in [5, 5.41) is 2.71. The molecular weight excluding hydrogens is 383 g/mol. The molecule has 124 valence electrons. The number of halogens is 2. The molecule has 2 N–H and O–H groups in total. The van der Waals surface area contributed by atoms with Gasteiger partial charge in [-0.2, -0.15) is 0 Å². The topological polar surface area (TPSA) is 87.7 Å². The van der Waals surface area contributed by atoms with Gasteiger partial charge in [-0.05, 0) is 41.6 Å². The highest BCUT2D eigenvalue weighted by Gasteiger charge is 2.24. The van der Waals surface area contributed by atoms with Crippen LogP contribution < -0.4 is 5.32 Å². The highest BCUT2D eigenvalue weighted by atomic mass is 35.5. The van der Waals surface area contributed by atoms with E-state index in [2.05, 4.69) is 20.3 Å². The summed E-state index contributed by atoms with van der Waals surface area (Å²) in [6.45, 7) is 0. The Bertz CT molecular complexity index is 1020. The Balaban J connectivity index is 1.65. The lowest BCUT2D eigenvalue weighted by molar-refractivity contribution is -0.115. The Morgan fingerprint density at radius 3 is 2.60 bits per heavy atom. The average Bonchev–Trinajstić information content (AvgIpc) is 3.11. The number of imide groups is 1. The summed E-state index contributed by atoms with van der Waals surface area (Å²) in [6, 6.07) is 6.96. The van der Waals surface area contributed by atoms with E-state index in [1.165, 1.54) is 0 Å². The molecule has 6 nitrogen and oxygen atoms in total. The first-order valence-electron chi connectivity index (χ1n) is 7.05. The van der Waals surface area contributed by atoms with Crippen LogP contribution in [0.4, 0.5) is 4.79 Å². The summed E-state index contributed by atoms with van der Waals surface area (Å²) in [7, 11) is 0. The van der Waals surface area contributed by atoms with Crippen molar-refractivity contribution in [1.29, 1.82) is 0 Å². The van der Waals surface area contributed by atoms with Crippen molar-refractivity contribution < 1.29 is 9.59 Å². The molecule has 0 spiro atoms. The van der Waals surface area contributed by atoms with Crippen molar-refractivity contribution in [3.63, 3.8) is 0 Å². The number of nitrogens with zero attached hydrogens (tertiary/aromatic N) is 2. The minimum atomic E-state index is -0.398. The number of fused-ring (bicyclic) bond motifs is 1. The second-order valence-corrected chi connectivity index (χ2v) is 7.03. The molecule has 25 heavy (non-hydrogen) atoms. The zero-order valence-corrected chi connectivity index (χ0v) is 14.7. The zero-order chi connectivity index (χ0) is 17.6. The summed E-state index contributed by atoms with van der Waals surface area (Å²) in [5.41, 5.74) is 2.79. The van der Waals surface area contributed by atoms with Crippen LogP contribution in [0.2, 0.25) is 10.0 Å². The van der Waals surface area contributed by atoms with Gasteiger partial charge in [-0.3, -0.25) is 19.9 Å². The number of H-pyrrole nitrogens is 1. The lowest BCUT2D eigenvalue weighted by Gasteiger charge is -1.98. The summed E-state index contributed by atoms with van der Waals surface area (Å²) < 4.78 is 0. The molecule has 1 saturated heterocycles. The molecule has 0 unspecified atom stereocenters. The van der Waals surface area contributed by atoms with Gasteiger partial charge in [0.2, 0.25) is 0 Å². The molecule has 0 saturated carbocycles. The number of carbonyl (C=O) groups is 2. The fourth-order valence-corrected chi connectivity index (χ4v) is 3.33. The number of hydrogen-bond donors (Lipinski definition) is 2. The van der Waals surface area contributed by atoms with E-state index in [1.54, 1.807) is 36.5 Å². The number of thioether (sulfide) groups is 1. The predicted octanol–water partition coefficient (Wildman–Crippen LogP) is 4.26. The monoisotopic (exact) mass is 390 g/mol. The molecule has 0 bridgehead atoms. The number of aromatic nitrogens is 3. The lowest BCUT2D eigenvalue weighted by Crippen LogP contribution is -2.17. The molecule has 1 aliphatic rings. The highest BCUT2D eigenvalue weighted by Crippen LogP contribution is 2.29. The van der Waals surface area contributed by atoms with Crippen molar-refractivity contribution >= 4 is 63.2 Å². The Morgan fingerprint density at radius 1 is 1.12 bits per heavy atom. The third-order valence-corrected chi connectivity index (χ3v) is 5.03. The standard InChI is InChI=1S/C16H8Cl2N4O2S/c17-8-4-11-12(5-9(8)18)21-14(20-11)10-2-1-7(6-19-10)3-13-15(23)22-16(24)25-13/h1-6H,(H,20,21)(H,22,23,24)/b13-3+. The number of hydrogen-bond acceptors (Lipinski definition) is 5. The van der Waals surface area contributed by atoms with Gasteiger partial charge in [0.05, 0.1) is 26.0 Å². The second kappa shape index (κ2) is 6.18. The van der Waals surface area contributed by atoms with Crippen LogP contribution in [0.1, 0.15) is 5.56 Å².